The van der Waals surface area contributed by atoms with Crippen LogP contribution in [0.5, 0.6) is 5.75 Å². The molecular weight excluding hydrogens is 308 g/mol. The number of benzene rings is 1. The van der Waals surface area contributed by atoms with Crippen LogP contribution in [-0.2, 0) is 13.0 Å². The summed E-state index contributed by atoms with van der Waals surface area (Å²) >= 11 is 1.59. The Morgan fingerprint density at radius 1 is 1.35 bits per heavy atom. The summed E-state index contributed by atoms with van der Waals surface area (Å²) in [7, 11) is 2.09. The van der Waals surface area contributed by atoms with Crippen molar-refractivity contribution in [2.24, 2.45) is 0 Å². The predicted octanol–water partition coefficient (Wildman–Crippen LogP) is 3.46. The molecule has 0 radical (unpaired) electrons. The van der Waals surface area contributed by atoms with Gasteiger partial charge in [0.2, 0.25) is 0 Å². The zero-order chi connectivity index (χ0) is 16.2. The van der Waals surface area contributed by atoms with Gasteiger partial charge in [-0.15, -0.1) is 11.3 Å². The van der Waals surface area contributed by atoms with Crippen molar-refractivity contribution in [1.82, 2.24) is 5.32 Å². The molecule has 0 atom stereocenters. The van der Waals surface area contributed by atoms with Crippen molar-refractivity contribution in [2.75, 3.05) is 25.1 Å². The molecule has 2 aromatic rings. The van der Waals surface area contributed by atoms with E-state index in [1.807, 2.05) is 37.3 Å². The number of carbonyl (C=O) groups is 1. The number of nitrogens with one attached hydrogen (secondary N) is 1. The summed E-state index contributed by atoms with van der Waals surface area (Å²) in [5, 5.41) is 4.24. The Hall–Kier alpha value is -2.01. The highest BCUT2D eigenvalue weighted by Crippen LogP contribution is 2.34. The molecule has 3 rings (SSSR count). The average Bonchev–Trinajstić information content (AvgIpc) is 3.00. The number of amides is 1. The Morgan fingerprint density at radius 2 is 2.13 bits per heavy atom. The largest absolute Gasteiger partial charge is 0.494 e. The molecule has 23 heavy (non-hydrogen) atoms. The molecule has 1 N–H and O–H groups in total. The van der Waals surface area contributed by atoms with Crippen molar-refractivity contribution < 1.29 is 9.53 Å². The lowest BCUT2D eigenvalue weighted by molar-refractivity contribution is 0.0955. The fourth-order valence-corrected chi connectivity index (χ4v) is 3.89. The van der Waals surface area contributed by atoms with E-state index < -0.39 is 0 Å². The summed E-state index contributed by atoms with van der Waals surface area (Å²) in [6.45, 7) is 4.23. The van der Waals surface area contributed by atoms with Crippen LogP contribution in [0.2, 0.25) is 0 Å². The van der Waals surface area contributed by atoms with Crippen molar-refractivity contribution >= 4 is 22.2 Å². The van der Waals surface area contributed by atoms with E-state index in [4.69, 9.17) is 4.74 Å². The van der Waals surface area contributed by atoms with Gasteiger partial charge in [0.15, 0.2) is 0 Å². The quantitative estimate of drug-likeness (QED) is 0.913. The van der Waals surface area contributed by atoms with Gasteiger partial charge in [-0.3, -0.25) is 4.79 Å². The van der Waals surface area contributed by atoms with Crippen molar-refractivity contribution in [3.05, 3.63) is 46.3 Å². The van der Waals surface area contributed by atoms with Crippen LogP contribution in [0.4, 0.5) is 5.00 Å². The maximum absolute atomic E-state index is 12.4. The maximum Gasteiger partial charge on any atom is 0.261 e. The van der Waals surface area contributed by atoms with E-state index in [-0.39, 0.29) is 5.91 Å². The third-order valence-corrected chi connectivity index (χ3v) is 5.27. The Bertz CT molecular complexity index is 679. The van der Waals surface area contributed by atoms with Gasteiger partial charge in [-0.25, -0.2) is 0 Å². The van der Waals surface area contributed by atoms with Gasteiger partial charge in [-0.2, -0.15) is 0 Å². The number of hydrogen-bond donors (Lipinski definition) is 1. The molecule has 1 aliphatic heterocycles. The fraction of sp³-hybridized carbons (Fsp3) is 0.389. The highest BCUT2D eigenvalue weighted by molar-refractivity contribution is 7.18. The zero-order valence-electron chi connectivity index (χ0n) is 13.6. The van der Waals surface area contributed by atoms with E-state index in [2.05, 4.69) is 17.3 Å². The van der Waals surface area contributed by atoms with Crippen molar-refractivity contribution in [3.8, 4) is 5.75 Å². The number of carbonyl (C=O) groups excluding carboxylic acids is 1. The monoisotopic (exact) mass is 330 g/mol. The Labute approximate surface area is 141 Å². The van der Waals surface area contributed by atoms with E-state index in [1.54, 1.807) is 11.3 Å². The van der Waals surface area contributed by atoms with E-state index in [0.29, 0.717) is 13.2 Å². The normalized spacial score (nSPS) is 13.6. The van der Waals surface area contributed by atoms with Gasteiger partial charge in [0, 0.05) is 20.1 Å². The van der Waals surface area contributed by atoms with E-state index in [1.165, 1.54) is 10.6 Å². The van der Waals surface area contributed by atoms with Crippen LogP contribution in [0.15, 0.2) is 30.3 Å². The SMILES string of the molecule is CCOc1ccc(CNC(=O)c2cc3c(s2)N(C)CCC3)cc1. The number of hydrogen-bond acceptors (Lipinski definition) is 4. The van der Waals surface area contributed by atoms with E-state index >= 15 is 0 Å². The summed E-state index contributed by atoms with van der Waals surface area (Å²) in [5.74, 6) is 0.864. The lowest BCUT2D eigenvalue weighted by Crippen LogP contribution is -2.22. The topological polar surface area (TPSA) is 41.6 Å². The third-order valence-electron chi connectivity index (χ3n) is 3.98. The molecule has 0 saturated heterocycles. The Balaban J connectivity index is 1.61. The number of nitrogens with zero attached hydrogens (tertiary/aromatic N) is 1. The van der Waals surface area contributed by atoms with Gasteiger partial charge < -0.3 is 15.0 Å². The van der Waals surface area contributed by atoms with E-state index in [9.17, 15) is 4.79 Å². The first-order chi connectivity index (χ1) is 11.2. The number of thiophene rings is 1. The number of aryl methyl sites for hydroxylation is 1. The van der Waals surface area contributed by atoms with Crippen LogP contribution in [-0.4, -0.2) is 26.1 Å². The second-order valence-electron chi connectivity index (χ2n) is 5.73. The Kier molecular flexibility index (Phi) is 4.86. The van der Waals surface area contributed by atoms with Crippen LogP contribution >= 0.6 is 11.3 Å². The number of anilines is 1. The second kappa shape index (κ2) is 7.04. The molecule has 122 valence electrons. The van der Waals surface area contributed by atoms with Crippen LogP contribution in [0.3, 0.4) is 0 Å². The molecule has 5 heteroatoms. The Morgan fingerprint density at radius 3 is 2.83 bits per heavy atom. The molecule has 1 aromatic heterocycles. The molecule has 2 heterocycles. The molecule has 0 spiro atoms. The van der Waals surface area contributed by atoms with Gasteiger partial charge in [0.1, 0.15) is 5.75 Å². The maximum atomic E-state index is 12.4. The first kappa shape index (κ1) is 15.9. The lowest BCUT2D eigenvalue weighted by atomic mass is 10.1. The van der Waals surface area contributed by atoms with Crippen molar-refractivity contribution in [3.63, 3.8) is 0 Å². The first-order valence-corrected chi connectivity index (χ1v) is 8.83. The highest BCUT2D eigenvalue weighted by Gasteiger charge is 2.20. The van der Waals surface area contributed by atoms with Gasteiger partial charge in [0.25, 0.3) is 5.91 Å². The summed E-state index contributed by atoms with van der Waals surface area (Å²) in [5.41, 5.74) is 2.37. The molecule has 0 fully saturated rings. The minimum Gasteiger partial charge on any atom is -0.494 e. The minimum absolute atomic E-state index is 0.00619. The van der Waals surface area contributed by atoms with Crippen LogP contribution in [0.1, 0.15) is 34.1 Å². The summed E-state index contributed by atoms with van der Waals surface area (Å²) in [6.07, 6.45) is 2.23. The van der Waals surface area contributed by atoms with Crippen LogP contribution in [0, 0.1) is 0 Å². The molecule has 0 bridgehead atoms. The van der Waals surface area contributed by atoms with Gasteiger partial charge in [-0.05, 0) is 49.1 Å². The molecule has 1 aliphatic rings. The number of rotatable bonds is 5. The standard InChI is InChI=1S/C18H22N2O2S/c1-3-22-15-8-6-13(7-9-15)12-19-17(21)16-11-14-5-4-10-20(2)18(14)23-16/h6-9,11H,3-5,10,12H2,1-2H3,(H,19,21). The summed E-state index contributed by atoms with van der Waals surface area (Å²) in [4.78, 5) is 15.4. The second-order valence-corrected chi connectivity index (χ2v) is 6.76. The highest BCUT2D eigenvalue weighted by atomic mass is 32.1. The molecule has 0 saturated carbocycles. The van der Waals surface area contributed by atoms with Gasteiger partial charge in [-0.1, -0.05) is 12.1 Å². The first-order valence-electron chi connectivity index (χ1n) is 8.01. The average molecular weight is 330 g/mol. The molecule has 0 unspecified atom stereocenters. The van der Waals surface area contributed by atoms with Crippen LogP contribution < -0.4 is 15.0 Å². The number of fused-ring (bicyclic) bond motifs is 1. The third kappa shape index (κ3) is 3.67. The molecule has 1 amide bonds. The van der Waals surface area contributed by atoms with Crippen LogP contribution in [0.25, 0.3) is 0 Å². The number of ether oxygens (including phenoxy) is 1. The van der Waals surface area contributed by atoms with Crippen molar-refractivity contribution in [2.45, 2.75) is 26.3 Å². The zero-order valence-corrected chi connectivity index (χ0v) is 14.4. The summed E-state index contributed by atoms with van der Waals surface area (Å²) < 4.78 is 5.42. The van der Waals surface area contributed by atoms with Gasteiger partial charge >= 0.3 is 0 Å². The minimum atomic E-state index is 0.00619. The predicted molar refractivity (Wildman–Crippen MR) is 94.7 cm³/mol. The molecule has 0 aliphatic carbocycles. The molecular formula is C18H22N2O2S. The fourth-order valence-electron chi connectivity index (χ4n) is 2.78. The molecule has 1 aromatic carbocycles. The smallest absolute Gasteiger partial charge is 0.261 e. The van der Waals surface area contributed by atoms with E-state index in [0.717, 1.165) is 35.6 Å². The van der Waals surface area contributed by atoms with Gasteiger partial charge in [0.05, 0.1) is 16.5 Å². The molecule has 4 nitrogen and oxygen atoms in total. The lowest BCUT2D eigenvalue weighted by Gasteiger charge is -2.23. The summed E-state index contributed by atoms with van der Waals surface area (Å²) in [6, 6.07) is 9.88. The van der Waals surface area contributed by atoms with Crippen molar-refractivity contribution in [1.29, 1.82) is 0 Å².